The van der Waals surface area contributed by atoms with Crippen LogP contribution in [0.2, 0.25) is 0 Å². The van der Waals surface area contributed by atoms with Gasteiger partial charge in [-0.05, 0) is 55.5 Å². The SMILES string of the molecule is Cc1ccc(NC(=O)C(NC(=O)c2ccccc2)C(C)C)cc1S(=O)(=O)N1CCCCCC1. The normalized spacial score (nSPS) is 16.1. The van der Waals surface area contributed by atoms with Gasteiger partial charge in [-0.1, -0.05) is 51.0 Å². The Balaban J connectivity index is 1.79. The summed E-state index contributed by atoms with van der Waals surface area (Å²) < 4.78 is 28.1. The van der Waals surface area contributed by atoms with Crippen molar-refractivity contribution in [2.45, 2.75) is 57.4 Å². The molecule has 0 saturated carbocycles. The van der Waals surface area contributed by atoms with E-state index >= 15 is 0 Å². The smallest absolute Gasteiger partial charge is 0.251 e. The number of nitrogens with one attached hydrogen (secondary N) is 2. The molecule has 7 nitrogen and oxygen atoms in total. The Morgan fingerprint density at radius 3 is 2.18 bits per heavy atom. The van der Waals surface area contributed by atoms with E-state index in [-0.39, 0.29) is 16.7 Å². The quantitative estimate of drug-likeness (QED) is 0.639. The summed E-state index contributed by atoms with van der Waals surface area (Å²) in [5.74, 6) is -0.891. The highest BCUT2D eigenvalue weighted by Gasteiger charge is 2.28. The molecule has 0 radical (unpaired) electrons. The molecule has 1 aliphatic heterocycles. The van der Waals surface area contributed by atoms with Gasteiger partial charge in [-0.25, -0.2) is 8.42 Å². The van der Waals surface area contributed by atoms with E-state index in [1.165, 1.54) is 6.07 Å². The fraction of sp³-hybridized carbons (Fsp3) is 0.440. The third-order valence-corrected chi connectivity index (χ3v) is 7.95. The van der Waals surface area contributed by atoms with Crippen molar-refractivity contribution >= 4 is 27.5 Å². The second-order valence-electron chi connectivity index (χ2n) is 8.85. The zero-order chi connectivity index (χ0) is 24.0. The second kappa shape index (κ2) is 10.9. The van der Waals surface area contributed by atoms with Crippen LogP contribution >= 0.6 is 0 Å². The van der Waals surface area contributed by atoms with E-state index in [0.29, 0.717) is 29.9 Å². The number of anilines is 1. The molecule has 178 valence electrons. The summed E-state index contributed by atoms with van der Waals surface area (Å²) in [5.41, 5.74) is 1.49. The van der Waals surface area contributed by atoms with Gasteiger partial charge in [0, 0.05) is 24.3 Å². The zero-order valence-corrected chi connectivity index (χ0v) is 20.3. The number of carbonyl (C=O) groups is 2. The largest absolute Gasteiger partial charge is 0.340 e. The van der Waals surface area contributed by atoms with Crippen LogP contribution in [0.4, 0.5) is 5.69 Å². The summed E-state index contributed by atoms with van der Waals surface area (Å²) in [5, 5.41) is 5.59. The minimum atomic E-state index is -3.65. The first-order valence-electron chi connectivity index (χ1n) is 11.5. The molecular weight excluding hydrogens is 438 g/mol. The van der Waals surface area contributed by atoms with Crippen LogP contribution in [0.1, 0.15) is 55.5 Å². The summed E-state index contributed by atoms with van der Waals surface area (Å²) in [6.45, 7) is 6.48. The molecule has 0 aromatic heterocycles. The average Bonchev–Trinajstić information content (AvgIpc) is 3.09. The first kappa shape index (κ1) is 24.9. The lowest BCUT2D eigenvalue weighted by Gasteiger charge is -2.23. The number of amides is 2. The predicted octanol–water partition coefficient (Wildman–Crippen LogP) is 3.95. The van der Waals surface area contributed by atoms with E-state index in [1.807, 2.05) is 19.9 Å². The fourth-order valence-electron chi connectivity index (χ4n) is 3.95. The molecule has 1 saturated heterocycles. The first-order chi connectivity index (χ1) is 15.7. The van der Waals surface area contributed by atoms with E-state index in [9.17, 15) is 18.0 Å². The van der Waals surface area contributed by atoms with Gasteiger partial charge in [0.25, 0.3) is 5.91 Å². The van der Waals surface area contributed by atoms with Gasteiger partial charge in [0.2, 0.25) is 15.9 Å². The Morgan fingerprint density at radius 1 is 0.939 bits per heavy atom. The van der Waals surface area contributed by atoms with Gasteiger partial charge in [0.05, 0.1) is 4.90 Å². The van der Waals surface area contributed by atoms with Gasteiger partial charge in [-0.2, -0.15) is 4.31 Å². The van der Waals surface area contributed by atoms with Gasteiger partial charge in [0.1, 0.15) is 6.04 Å². The first-order valence-corrected chi connectivity index (χ1v) is 12.9. The fourth-order valence-corrected chi connectivity index (χ4v) is 5.71. The molecule has 0 bridgehead atoms. The van der Waals surface area contributed by atoms with Crippen molar-refractivity contribution in [3.63, 3.8) is 0 Å². The highest BCUT2D eigenvalue weighted by atomic mass is 32.2. The molecule has 1 atom stereocenters. The van der Waals surface area contributed by atoms with Gasteiger partial charge in [-0.3, -0.25) is 9.59 Å². The maximum absolute atomic E-state index is 13.3. The maximum atomic E-state index is 13.3. The number of sulfonamides is 1. The lowest BCUT2D eigenvalue weighted by Crippen LogP contribution is -2.47. The minimum Gasteiger partial charge on any atom is -0.340 e. The molecule has 2 aromatic carbocycles. The topological polar surface area (TPSA) is 95.6 Å². The number of nitrogens with zero attached hydrogens (tertiary/aromatic N) is 1. The Morgan fingerprint density at radius 2 is 1.58 bits per heavy atom. The Hall–Kier alpha value is -2.71. The third kappa shape index (κ3) is 6.21. The third-order valence-electron chi connectivity index (χ3n) is 5.91. The van der Waals surface area contributed by atoms with Crippen LogP contribution in [0.3, 0.4) is 0 Å². The van der Waals surface area contributed by atoms with Crippen molar-refractivity contribution in [2.75, 3.05) is 18.4 Å². The van der Waals surface area contributed by atoms with Gasteiger partial charge >= 0.3 is 0 Å². The van der Waals surface area contributed by atoms with E-state index in [4.69, 9.17) is 0 Å². The van der Waals surface area contributed by atoms with Crippen molar-refractivity contribution < 1.29 is 18.0 Å². The highest BCUT2D eigenvalue weighted by molar-refractivity contribution is 7.89. The molecule has 0 spiro atoms. The zero-order valence-electron chi connectivity index (χ0n) is 19.5. The minimum absolute atomic E-state index is 0.164. The molecule has 1 heterocycles. The van der Waals surface area contributed by atoms with Crippen LogP contribution < -0.4 is 10.6 Å². The summed E-state index contributed by atoms with van der Waals surface area (Å²) in [6.07, 6.45) is 3.77. The lowest BCUT2D eigenvalue weighted by atomic mass is 10.0. The van der Waals surface area contributed by atoms with Gasteiger partial charge < -0.3 is 10.6 Å². The molecule has 2 N–H and O–H groups in total. The molecule has 1 unspecified atom stereocenters. The molecule has 2 aromatic rings. The monoisotopic (exact) mass is 471 g/mol. The van der Waals surface area contributed by atoms with Crippen LogP contribution in [0, 0.1) is 12.8 Å². The number of benzene rings is 2. The summed E-state index contributed by atoms with van der Waals surface area (Å²) in [4.78, 5) is 25.8. The molecule has 3 rings (SSSR count). The number of carbonyl (C=O) groups excluding carboxylic acids is 2. The second-order valence-corrected chi connectivity index (χ2v) is 10.8. The predicted molar refractivity (Wildman–Crippen MR) is 130 cm³/mol. The summed E-state index contributed by atoms with van der Waals surface area (Å²) in [7, 11) is -3.65. The lowest BCUT2D eigenvalue weighted by molar-refractivity contribution is -0.118. The Kier molecular flexibility index (Phi) is 8.26. The van der Waals surface area contributed by atoms with Crippen molar-refractivity contribution in [1.29, 1.82) is 0 Å². The molecule has 8 heteroatoms. The molecule has 2 amide bonds. The van der Waals surface area contributed by atoms with Crippen LogP contribution in [0.25, 0.3) is 0 Å². The van der Waals surface area contributed by atoms with E-state index in [1.54, 1.807) is 47.6 Å². The van der Waals surface area contributed by atoms with E-state index in [2.05, 4.69) is 10.6 Å². The summed E-state index contributed by atoms with van der Waals surface area (Å²) >= 11 is 0. The molecular formula is C25H33N3O4S. The summed E-state index contributed by atoms with van der Waals surface area (Å²) in [6, 6.07) is 12.8. The van der Waals surface area contributed by atoms with Crippen LogP contribution in [0.5, 0.6) is 0 Å². The Labute approximate surface area is 196 Å². The van der Waals surface area contributed by atoms with Crippen LogP contribution in [-0.2, 0) is 14.8 Å². The number of aryl methyl sites for hydroxylation is 1. The number of hydrogen-bond donors (Lipinski definition) is 2. The molecule has 1 aliphatic rings. The highest BCUT2D eigenvalue weighted by Crippen LogP contribution is 2.26. The van der Waals surface area contributed by atoms with E-state index in [0.717, 1.165) is 25.7 Å². The van der Waals surface area contributed by atoms with Gasteiger partial charge in [-0.15, -0.1) is 0 Å². The van der Waals surface area contributed by atoms with Crippen LogP contribution in [-0.4, -0.2) is 43.7 Å². The standard InChI is InChI=1S/C25H33N3O4S/c1-18(2)23(27-24(29)20-11-7-6-8-12-20)25(30)26-21-14-13-19(3)22(17-21)33(31,32)28-15-9-4-5-10-16-28/h6-8,11-14,17-18,23H,4-5,9-10,15-16H2,1-3H3,(H,26,30)(H,27,29). The molecule has 33 heavy (non-hydrogen) atoms. The van der Waals surface area contributed by atoms with Crippen LogP contribution in [0.15, 0.2) is 53.4 Å². The maximum Gasteiger partial charge on any atom is 0.251 e. The van der Waals surface area contributed by atoms with Crippen molar-refractivity contribution in [3.05, 3.63) is 59.7 Å². The Bertz CT molecular complexity index is 1080. The van der Waals surface area contributed by atoms with Crippen molar-refractivity contribution in [3.8, 4) is 0 Å². The van der Waals surface area contributed by atoms with E-state index < -0.39 is 22.0 Å². The molecule has 1 fully saturated rings. The van der Waals surface area contributed by atoms with Gasteiger partial charge in [0.15, 0.2) is 0 Å². The number of hydrogen-bond acceptors (Lipinski definition) is 4. The average molecular weight is 472 g/mol. The van der Waals surface area contributed by atoms with Crippen molar-refractivity contribution in [2.24, 2.45) is 5.92 Å². The van der Waals surface area contributed by atoms with Crippen molar-refractivity contribution in [1.82, 2.24) is 9.62 Å². The molecule has 0 aliphatic carbocycles. The number of rotatable bonds is 7.